The summed E-state index contributed by atoms with van der Waals surface area (Å²) in [5.41, 5.74) is 1.61. The van der Waals surface area contributed by atoms with Gasteiger partial charge in [0, 0.05) is 11.4 Å². The summed E-state index contributed by atoms with van der Waals surface area (Å²) in [5, 5.41) is 0. The maximum absolute atomic E-state index is 12.8. The Bertz CT molecular complexity index is 962. The molecule has 0 spiro atoms. The zero-order chi connectivity index (χ0) is 21.7. The average Bonchev–Trinajstić information content (AvgIpc) is 3.00. The molecule has 0 aliphatic heterocycles. The van der Waals surface area contributed by atoms with Crippen LogP contribution in [0.2, 0.25) is 0 Å². The molecule has 156 valence electrons. The number of carbonyl (C=O) groups is 3. The molecule has 0 aliphatic carbocycles. The van der Waals surface area contributed by atoms with Gasteiger partial charge in [-0.1, -0.05) is 19.1 Å². The van der Waals surface area contributed by atoms with Gasteiger partial charge in [0.15, 0.2) is 6.10 Å². The predicted molar refractivity (Wildman–Crippen MR) is 109 cm³/mol. The van der Waals surface area contributed by atoms with Crippen LogP contribution in [0.4, 0.5) is 0 Å². The molecule has 0 saturated carbocycles. The number of carbonyl (C=O) groups excluding carboxylic acids is 3. The Morgan fingerprint density at radius 3 is 2.38 bits per heavy atom. The number of hydrogen-bond donors (Lipinski definition) is 1. The number of ether oxygens (including phenoxy) is 2. The first-order chi connectivity index (χ1) is 13.7. The van der Waals surface area contributed by atoms with E-state index in [0.717, 1.165) is 0 Å². The van der Waals surface area contributed by atoms with Gasteiger partial charge in [0.2, 0.25) is 5.78 Å². The van der Waals surface area contributed by atoms with Crippen LogP contribution in [0.15, 0.2) is 29.2 Å². The third kappa shape index (κ3) is 4.82. The quantitative estimate of drug-likeness (QED) is 0.520. The van der Waals surface area contributed by atoms with Crippen molar-refractivity contribution in [1.82, 2.24) is 4.98 Å². The van der Waals surface area contributed by atoms with Crippen LogP contribution in [0.1, 0.15) is 63.2 Å². The Labute approximate surface area is 172 Å². The summed E-state index contributed by atoms with van der Waals surface area (Å²) in [6.45, 7) is 8.44. The lowest BCUT2D eigenvalue weighted by atomic mass is 10.1. The fraction of sp³-hybridized carbons (Fsp3) is 0.381. The number of benzene rings is 1. The smallest absolute Gasteiger partial charge is 0.340 e. The molecule has 0 amide bonds. The molecule has 2 rings (SSSR count). The Morgan fingerprint density at radius 1 is 1.10 bits per heavy atom. The monoisotopic (exact) mass is 419 g/mol. The zero-order valence-corrected chi connectivity index (χ0v) is 18.0. The first-order valence-corrected chi connectivity index (χ1v) is 10.6. The maximum atomic E-state index is 12.8. The lowest BCUT2D eigenvalue weighted by Crippen LogP contribution is -2.26. The molecular formula is C21H25NO6S. The second-order valence-electron chi connectivity index (χ2n) is 6.39. The van der Waals surface area contributed by atoms with Crippen molar-refractivity contribution in [2.24, 2.45) is 0 Å². The van der Waals surface area contributed by atoms with Crippen LogP contribution < -0.4 is 0 Å². The number of hydrogen-bond acceptors (Lipinski definition) is 6. The lowest BCUT2D eigenvalue weighted by Gasteiger charge is -2.14. The lowest BCUT2D eigenvalue weighted by molar-refractivity contribution is 0.0313. The van der Waals surface area contributed by atoms with Gasteiger partial charge in [-0.3, -0.25) is 9.00 Å². The molecule has 1 aromatic heterocycles. The third-order valence-electron chi connectivity index (χ3n) is 4.43. The standard InChI is InChI=1S/C21H25NO6S/c1-6-27-21(25)17-12(3)18(22-13(17)4)19(23)14(5)28-20(24)15-10-8-9-11-16(15)29(26)7-2/h8-11,14,22H,6-7H2,1-5H3/t14-,29+/m1/s1. The predicted octanol–water partition coefficient (Wildman–Crippen LogP) is 3.36. The highest BCUT2D eigenvalue weighted by atomic mass is 32.2. The highest BCUT2D eigenvalue weighted by Crippen LogP contribution is 2.22. The average molecular weight is 419 g/mol. The van der Waals surface area contributed by atoms with Crippen molar-refractivity contribution in [2.75, 3.05) is 12.4 Å². The van der Waals surface area contributed by atoms with Crippen molar-refractivity contribution >= 4 is 28.5 Å². The second kappa shape index (κ2) is 9.65. The van der Waals surface area contributed by atoms with E-state index < -0.39 is 34.6 Å². The Kier molecular flexibility index (Phi) is 7.50. The SMILES string of the molecule is CCOC(=O)c1c(C)[nH]c(C(=O)[C@@H](C)OC(=O)c2ccccc2[S@@](=O)CC)c1C. The first-order valence-electron chi connectivity index (χ1n) is 9.31. The molecule has 0 radical (unpaired) electrons. The number of ketones is 1. The molecule has 0 saturated heterocycles. The van der Waals surface area contributed by atoms with Crippen molar-refractivity contribution in [3.05, 3.63) is 52.3 Å². The summed E-state index contributed by atoms with van der Waals surface area (Å²) in [6.07, 6.45) is -1.10. The summed E-state index contributed by atoms with van der Waals surface area (Å²) >= 11 is 0. The van der Waals surface area contributed by atoms with E-state index in [1.54, 1.807) is 45.9 Å². The minimum Gasteiger partial charge on any atom is -0.462 e. The highest BCUT2D eigenvalue weighted by Gasteiger charge is 2.28. The van der Waals surface area contributed by atoms with Crippen molar-refractivity contribution < 1.29 is 28.1 Å². The summed E-state index contributed by atoms with van der Waals surface area (Å²) in [6, 6.07) is 6.46. The Balaban J connectivity index is 2.25. The molecule has 0 bridgehead atoms. The van der Waals surface area contributed by atoms with Gasteiger partial charge in [-0.2, -0.15) is 0 Å². The van der Waals surface area contributed by atoms with Crippen molar-refractivity contribution in [2.45, 2.75) is 45.6 Å². The van der Waals surface area contributed by atoms with E-state index in [2.05, 4.69) is 4.98 Å². The molecule has 2 atom stereocenters. The van der Waals surface area contributed by atoms with Crippen LogP contribution in [-0.4, -0.2) is 45.4 Å². The van der Waals surface area contributed by atoms with Gasteiger partial charge in [0.25, 0.3) is 0 Å². The normalized spacial score (nSPS) is 12.9. The van der Waals surface area contributed by atoms with Crippen LogP contribution in [0.5, 0.6) is 0 Å². The molecule has 29 heavy (non-hydrogen) atoms. The second-order valence-corrected chi connectivity index (χ2v) is 8.10. The zero-order valence-electron chi connectivity index (χ0n) is 17.2. The van der Waals surface area contributed by atoms with Gasteiger partial charge in [-0.15, -0.1) is 0 Å². The molecule has 1 N–H and O–H groups in total. The fourth-order valence-corrected chi connectivity index (χ4v) is 3.91. The minimum absolute atomic E-state index is 0.166. The summed E-state index contributed by atoms with van der Waals surface area (Å²) in [5.74, 6) is -1.35. The van der Waals surface area contributed by atoms with E-state index in [4.69, 9.17) is 9.47 Å². The number of esters is 2. The van der Waals surface area contributed by atoms with E-state index in [0.29, 0.717) is 27.5 Å². The van der Waals surface area contributed by atoms with Gasteiger partial charge in [-0.05, 0) is 45.4 Å². The Hall–Kier alpha value is -2.74. The minimum atomic E-state index is -1.34. The summed E-state index contributed by atoms with van der Waals surface area (Å²) in [7, 11) is -1.34. The Morgan fingerprint density at radius 2 is 1.76 bits per heavy atom. The molecule has 0 fully saturated rings. The molecule has 0 unspecified atom stereocenters. The van der Waals surface area contributed by atoms with Crippen LogP contribution in [0.3, 0.4) is 0 Å². The molecule has 7 nitrogen and oxygen atoms in total. The van der Waals surface area contributed by atoms with Gasteiger partial charge in [-0.25, -0.2) is 9.59 Å². The highest BCUT2D eigenvalue weighted by molar-refractivity contribution is 7.85. The van der Waals surface area contributed by atoms with Gasteiger partial charge < -0.3 is 14.5 Å². The first kappa shape index (κ1) is 22.5. The maximum Gasteiger partial charge on any atom is 0.340 e. The number of aromatic nitrogens is 1. The molecule has 0 aliphatic rings. The van der Waals surface area contributed by atoms with E-state index >= 15 is 0 Å². The molecule has 2 aromatic rings. The number of aryl methyl sites for hydroxylation is 1. The molecule has 1 heterocycles. The molecule has 8 heteroatoms. The van der Waals surface area contributed by atoms with Crippen LogP contribution in [-0.2, 0) is 20.3 Å². The van der Waals surface area contributed by atoms with Gasteiger partial charge in [0.05, 0.1) is 39.1 Å². The number of rotatable bonds is 8. The van der Waals surface area contributed by atoms with Crippen molar-refractivity contribution in [3.8, 4) is 0 Å². The largest absolute Gasteiger partial charge is 0.462 e. The van der Waals surface area contributed by atoms with E-state index in [-0.39, 0.29) is 17.9 Å². The van der Waals surface area contributed by atoms with Crippen LogP contribution in [0, 0.1) is 13.8 Å². The fourth-order valence-electron chi connectivity index (χ4n) is 2.98. The number of aromatic amines is 1. The molecule has 1 aromatic carbocycles. The third-order valence-corrected chi connectivity index (χ3v) is 5.80. The number of Topliss-reactive ketones (excluding diaryl/α,β-unsaturated/α-hetero) is 1. The topological polar surface area (TPSA) is 103 Å². The van der Waals surface area contributed by atoms with Gasteiger partial charge in [0.1, 0.15) is 0 Å². The molecular weight excluding hydrogens is 394 g/mol. The number of nitrogens with one attached hydrogen (secondary N) is 1. The summed E-state index contributed by atoms with van der Waals surface area (Å²) < 4.78 is 22.5. The van der Waals surface area contributed by atoms with E-state index in [1.807, 2.05) is 0 Å². The van der Waals surface area contributed by atoms with E-state index in [1.165, 1.54) is 13.0 Å². The van der Waals surface area contributed by atoms with Crippen molar-refractivity contribution in [1.29, 1.82) is 0 Å². The van der Waals surface area contributed by atoms with Crippen LogP contribution >= 0.6 is 0 Å². The summed E-state index contributed by atoms with van der Waals surface area (Å²) in [4.78, 5) is 40.8. The van der Waals surface area contributed by atoms with Crippen molar-refractivity contribution in [3.63, 3.8) is 0 Å². The van der Waals surface area contributed by atoms with Crippen LogP contribution in [0.25, 0.3) is 0 Å². The van der Waals surface area contributed by atoms with E-state index in [9.17, 15) is 18.6 Å². The number of H-pyrrole nitrogens is 1. The van der Waals surface area contributed by atoms with Gasteiger partial charge >= 0.3 is 11.9 Å².